The van der Waals surface area contributed by atoms with E-state index in [0.717, 1.165) is 21.7 Å². The van der Waals surface area contributed by atoms with Crippen molar-refractivity contribution < 1.29 is 67.3 Å². The molecule has 466 valence electrons. The van der Waals surface area contributed by atoms with E-state index in [2.05, 4.69) is 31.2 Å². The first-order chi connectivity index (χ1) is 41.1. The summed E-state index contributed by atoms with van der Waals surface area (Å²) in [6.07, 6.45) is 0.592. The highest BCUT2D eigenvalue weighted by Crippen LogP contribution is 2.40. The predicted molar refractivity (Wildman–Crippen MR) is 323 cm³/mol. The van der Waals surface area contributed by atoms with Crippen LogP contribution in [0.5, 0.6) is 5.75 Å². The van der Waals surface area contributed by atoms with Crippen molar-refractivity contribution in [2.75, 3.05) is 26.2 Å². The maximum Gasteiger partial charge on any atom is 0.396 e. The number of halogens is 1. The number of rotatable bonds is 22. The minimum atomic E-state index is -5.10. The Morgan fingerprint density at radius 1 is 0.931 bits per heavy atom. The Morgan fingerprint density at radius 3 is 2.32 bits per heavy atom. The number of aromatic nitrogens is 2. The number of H-pyrrole nitrogens is 1. The van der Waals surface area contributed by atoms with Crippen molar-refractivity contribution in [2.45, 2.75) is 148 Å². The van der Waals surface area contributed by atoms with Crippen molar-refractivity contribution in [3.8, 4) is 16.2 Å². The van der Waals surface area contributed by atoms with E-state index in [1.807, 2.05) is 38.1 Å². The lowest BCUT2D eigenvalue weighted by Crippen LogP contribution is -2.61. The number of hydrogen-bond donors (Lipinski definition) is 9. The number of aliphatic hydroxyl groups excluding tert-OH is 1. The van der Waals surface area contributed by atoms with Gasteiger partial charge < -0.3 is 66.3 Å². The van der Waals surface area contributed by atoms with E-state index in [9.17, 15) is 62.6 Å². The van der Waals surface area contributed by atoms with Gasteiger partial charge in [-0.2, -0.15) is 0 Å². The SMILES string of the molecule is CC(=O)N1CCC2CCC(C(=O)NC(CCC(N)=O)COc3cccc(CCCC(=O)NC(C(=O)N4CC(O)CC4C(=O)NC(C)c4ccc(-c5scnc5C)cc4)C(C)(C)C)c3Cl)N2C(=O)C(NC(=O)c2cc3cc(C(=O)P(=O)(O)O)ccc3[nH]2)C1. The average Bonchev–Trinajstić information content (AvgIpc) is 2.34. The van der Waals surface area contributed by atoms with Crippen molar-refractivity contribution >= 4 is 94.2 Å². The van der Waals surface area contributed by atoms with E-state index in [4.69, 9.17) is 22.1 Å². The molecule has 87 heavy (non-hydrogen) atoms. The predicted octanol–water partition coefficient (Wildman–Crippen LogP) is 4.80. The molecule has 5 aromatic rings. The summed E-state index contributed by atoms with van der Waals surface area (Å²) in [5.74, 6) is -4.02. The van der Waals surface area contributed by atoms with Gasteiger partial charge in [-0.15, -0.1) is 11.3 Å². The molecular formula is C60H74ClN10O14PS. The summed E-state index contributed by atoms with van der Waals surface area (Å²) in [4.78, 5) is 153. The van der Waals surface area contributed by atoms with Crippen LogP contribution in [-0.2, 0) is 44.5 Å². The number of ether oxygens (including phenoxy) is 1. The number of carbonyl (C=O) groups excluding carboxylic acids is 9. The normalized spacial score (nSPS) is 20.0. The molecule has 2 aromatic heterocycles. The summed E-state index contributed by atoms with van der Waals surface area (Å²) in [6.45, 7) is 10.3. The van der Waals surface area contributed by atoms with Crippen LogP contribution in [0, 0.1) is 12.3 Å². The van der Waals surface area contributed by atoms with Gasteiger partial charge in [0.25, 0.3) is 11.4 Å². The monoisotopic (exact) mass is 1260 g/mol. The standard InChI is InChI=1S/C60H74ClN10O14PS/c1-32(35-13-15-37(16-14-35)52-33(2)63-31-87-52)64-56(78)47-27-42(73)28-70(47)58(80)53(60(4,5)6)68-50(75)12-8-10-36-9-7-11-48(51(36)61)85-30-40(18-22-49(62)74)65-55(77)46-21-19-41-23-24-69(34(3)72)29-45(57(79)71(41)46)67-54(76)44-26-39-25-38(17-20-43(39)66-44)59(81)86(82,83)84/h7,9,11,13-17,20,25-26,31-32,40-42,45-47,53,66,73H,8,10,12,18-19,21-24,27-30H2,1-6H3,(H2,62,74)(H,64,78)(H,65,77)(H,67,76)(H,68,75)(H2,82,83,84). The maximum atomic E-state index is 14.6. The van der Waals surface area contributed by atoms with E-state index in [0.29, 0.717) is 36.8 Å². The van der Waals surface area contributed by atoms with Gasteiger partial charge in [0.15, 0.2) is 0 Å². The molecule has 8 unspecified atom stereocenters. The molecule has 3 aromatic carbocycles. The molecule has 3 aliphatic rings. The summed E-state index contributed by atoms with van der Waals surface area (Å²) >= 11 is 8.46. The molecule has 8 atom stereocenters. The highest BCUT2D eigenvalue weighted by molar-refractivity contribution is 7.70. The molecule has 8 rings (SSSR count). The van der Waals surface area contributed by atoms with Gasteiger partial charge in [0.2, 0.25) is 41.4 Å². The van der Waals surface area contributed by atoms with Crippen LogP contribution in [0.3, 0.4) is 0 Å². The lowest BCUT2D eigenvalue weighted by atomic mass is 9.85. The molecule has 0 spiro atoms. The zero-order valence-corrected chi connectivity index (χ0v) is 51.6. The number of β-amino-alcohol motifs (C(OH)–C–C–N with tert-alkyl or cyclic N) is 1. The van der Waals surface area contributed by atoms with Gasteiger partial charge >= 0.3 is 7.60 Å². The fraction of sp³-hybridized carbons (Fsp3) is 0.467. The first kappa shape index (κ1) is 65.4. The second-order valence-corrected chi connectivity index (χ2v) is 26.3. The van der Waals surface area contributed by atoms with Crippen LogP contribution in [-0.4, -0.2) is 161 Å². The van der Waals surface area contributed by atoms with E-state index in [1.54, 1.807) is 55.8 Å². The lowest BCUT2D eigenvalue weighted by Gasteiger charge is -2.38. The van der Waals surface area contributed by atoms with Gasteiger partial charge in [0.1, 0.15) is 42.2 Å². The van der Waals surface area contributed by atoms with E-state index >= 15 is 0 Å². The zero-order chi connectivity index (χ0) is 63.2. The van der Waals surface area contributed by atoms with Gasteiger partial charge in [0, 0.05) is 68.3 Å². The van der Waals surface area contributed by atoms with Crippen molar-refractivity contribution in [3.63, 3.8) is 0 Å². The number of nitrogens with one attached hydrogen (secondary N) is 5. The first-order valence-electron chi connectivity index (χ1n) is 28.8. The second-order valence-electron chi connectivity index (χ2n) is 23.6. The Morgan fingerprint density at radius 2 is 1.66 bits per heavy atom. The molecule has 24 nitrogen and oxygen atoms in total. The number of aromatic amines is 1. The third-order valence-electron chi connectivity index (χ3n) is 16.1. The molecule has 3 saturated heterocycles. The van der Waals surface area contributed by atoms with Crippen molar-refractivity contribution in [2.24, 2.45) is 11.1 Å². The number of carbonyl (C=O) groups is 9. The first-order valence-corrected chi connectivity index (χ1v) is 31.6. The number of nitrogens with zero attached hydrogens (tertiary/aromatic N) is 4. The quantitative estimate of drug-likeness (QED) is 0.0420. The second kappa shape index (κ2) is 27.7. The fourth-order valence-electron chi connectivity index (χ4n) is 11.4. The van der Waals surface area contributed by atoms with Crippen molar-refractivity contribution in [1.29, 1.82) is 0 Å². The molecule has 5 heterocycles. The molecular weight excluding hydrogens is 1180 g/mol. The zero-order valence-electron chi connectivity index (χ0n) is 49.2. The molecule has 10 N–H and O–H groups in total. The topological polar surface area (TPSA) is 353 Å². The minimum Gasteiger partial charge on any atom is -0.490 e. The van der Waals surface area contributed by atoms with Crippen LogP contribution in [0.25, 0.3) is 21.3 Å². The van der Waals surface area contributed by atoms with Gasteiger partial charge in [-0.1, -0.05) is 68.8 Å². The smallest absolute Gasteiger partial charge is 0.396 e. The Kier molecular flexibility index (Phi) is 20.8. The average molecular weight is 1260 g/mol. The number of aryl methyl sites for hydroxylation is 2. The third-order valence-corrected chi connectivity index (χ3v) is 18.3. The minimum absolute atomic E-state index is 0.00177. The number of aliphatic hydroxyl groups is 1. The Bertz CT molecular complexity index is 3490. The number of hydrogen-bond acceptors (Lipinski definition) is 14. The third kappa shape index (κ3) is 16.0. The van der Waals surface area contributed by atoms with Gasteiger partial charge in [-0.3, -0.25) is 47.7 Å². The molecule has 0 radical (unpaired) electrons. The number of nitrogens with two attached hydrogens (primary N) is 1. The Labute approximate surface area is 511 Å². The van der Waals surface area contributed by atoms with E-state index in [-0.39, 0.29) is 91.7 Å². The van der Waals surface area contributed by atoms with Crippen molar-refractivity contribution in [1.82, 2.24) is 45.9 Å². The molecule has 8 amide bonds. The molecule has 0 aliphatic carbocycles. The summed E-state index contributed by atoms with van der Waals surface area (Å²) in [6, 6.07) is 12.0. The van der Waals surface area contributed by atoms with Crippen LogP contribution in [0.4, 0.5) is 0 Å². The number of primary amides is 1. The van der Waals surface area contributed by atoms with Crippen LogP contribution in [0.2, 0.25) is 5.02 Å². The highest BCUT2D eigenvalue weighted by Gasteiger charge is 2.47. The van der Waals surface area contributed by atoms with Crippen LogP contribution < -0.4 is 31.7 Å². The van der Waals surface area contributed by atoms with Crippen molar-refractivity contribution in [3.05, 3.63) is 105 Å². The van der Waals surface area contributed by atoms with Crippen LogP contribution in [0.1, 0.15) is 130 Å². The Hall–Kier alpha value is -7.54. The molecule has 27 heteroatoms. The number of amides is 8. The highest BCUT2D eigenvalue weighted by atomic mass is 35.5. The molecule has 3 fully saturated rings. The van der Waals surface area contributed by atoms with E-state index < -0.39 is 108 Å². The molecule has 3 aliphatic heterocycles. The molecule has 0 saturated carbocycles. The van der Waals surface area contributed by atoms with Gasteiger partial charge in [0.05, 0.1) is 39.3 Å². The number of benzene rings is 3. The summed E-state index contributed by atoms with van der Waals surface area (Å²) in [5.41, 5.74) is 8.61. The number of likely N-dealkylation sites (tertiary alicyclic amines) is 1. The van der Waals surface area contributed by atoms with Gasteiger partial charge in [-0.25, -0.2) is 4.98 Å². The maximum absolute atomic E-state index is 14.6. The van der Waals surface area contributed by atoms with Gasteiger partial charge in [-0.05, 0) is 105 Å². The lowest BCUT2D eigenvalue weighted by molar-refractivity contribution is -0.145. The Balaban J connectivity index is 0.870. The summed E-state index contributed by atoms with van der Waals surface area (Å²) in [5, 5.41) is 22.8. The largest absolute Gasteiger partial charge is 0.490 e. The fourth-order valence-corrected chi connectivity index (χ4v) is 12.9. The number of thiazole rings is 1. The molecule has 0 bridgehead atoms. The van der Waals surface area contributed by atoms with Crippen LogP contribution >= 0.6 is 30.5 Å². The summed E-state index contributed by atoms with van der Waals surface area (Å²) in [7, 11) is -5.10. The van der Waals surface area contributed by atoms with E-state index in [1.165, 1.54) is 45.9 Å². The summed E-state index contributed by atoms with van der Waals surface area (Å²) < 4.78 is 17.8. The van der Waals surface area contributed by atoms with Crippen LogP contribution in [0.15, 0.2) is 72.2 Å². The number of fused-ring (bicyclic) bond motifs is 2.